The molecule has 3 N–H and O–H groups in total. The third-order valence-corrected chi connectivity index (χ3v) is 1.86. The first-order chi connectivity index (χ1) is 6.07. The molecule has 0 atom stereocenters. The highest BCUT2D eigenvalue weighted by atomic mass is 35.5. The van der Waals surface area contributed by atoms with E-state index in [4.69, 9.17) is 17.3 Å². The molecule has 72 valence electrons. The van der Waals surface area contributed by atoms with E-state index in [1.807, 2.05) is 0 Å². The summed E-state index contributed by atoms with van der Waals surface area (Å²) in [7, 11) is 0. The molecule has 0 amide bonds. The first-order valence-corrected chi connectivity index (χ1v) is 3.95. The van der Waals surface area contributed by atoms with Crippen molar-refractivity contribution < 1.29 is 8.78 Å². The van der Waals surface area contributed by atoms with Gasteiger partial charge in [-0.25, -0.2) is 8.78 Å². The maximum Gasteiger partial charge on any atom is 0.278 e. The monoisotopic (exact) mass is 208 g/mol. The molecule has 1 rings (SSSR count). The normalized spacial score (nSPS) is 10.8. The fourth-order valence-corrected chi connectivity index (χ4v) is 1.20. The number of alkyl halides is 3. The number of anilines is 1. The van der Waals surface area contributed by atoms with Crippen LogP contribution < -0.4 is 11.2 Å². The van der Waals surface area contributed by atoms with Crippen molar-refractivity contribution in [2.24, 2.45) is 0 Å². The zero-order chi connectivity index (χ0) is 10.0. The van der Waals surface area contributed by atoms with Crippen LogP contribution in [0, 0.1) is 0 Å². The maximum atomic E-state index is 12.3. The number of nitrogens with two attached hydrogens (primary N) is 1. The summed E-state index contributed by atoms with van der Waals surface area (Å²) < 4.78 is 24.5. The van der Waals surface area contributed by atoms with Crippen molar-refractivity contribution in [3.8, 4) is 0 Å². The van der Waals surface area contributed by atoms with Gasteiger partial charge in [0, 0.05) is 11.8 Å². The molecule has 0 bridgehead atoms. The second-order valence-electron chi connectivity index (χ2n) is 2.40. The predicted octanol–water partition coefficient (Wildman–Crippen LogP) is 1.63. The highest BCUT2D eigenvalue weighted by Gasteiger charge is 2.16. The highest BCUT2D eigenvalue weighted by Crippen LogP contribution is 2.20. The average molecular weight is 209 g/mol. The molecule has 3 nitrogen and oxygen atoms in total. The zero-order valence-electron chi connectivity index (χ0n) is 6.48. The van der Waals surface area contributed by atoms with Crippen LogP contribution in [0.25, 0.3) is 0 Å². The minimum Gasteiger partial charge on any atom is -0.394 e. The number of hydrogen-bond acceptors (Lipinski definition) is 2. The SMILES string of the molecule is Nc1c[nH]c(C(F)F)c(CCl)c1=O. The molecule has 6 heteroatoms. The largest absolute Gasteiger partial charge is 0.394 e. The van der Waals surface area contributed by atoms with Crippen molar-refractivity contribution in [2.75, 3.05) is 5.73 Å². The Labute approximate surface area is 77.5 Å². The van der Waals surface area contributed by atoms with Crippen molar-refractivity contribution in [2.45, 2.75) is 12.3 Å². The van der Waals surface area contributed by atoms with E-state index in [9.17, 15) is 13.6 Å². The molecule has 0 radical (unpaired) electrons. The Morgan fingerprint density at radius 1 is 1.62 bits per heavy atom. The summed E-state index contributed by atoms with van der Waals surface area (Å²) in [5.74, 6) is -0.278. The van der Waals surface area contributed by atoms with Crippen LogP contribution in [-0.2, 0) is 5.88 Å². The Balaban J connectivity index is 3.39. The Kier molecular flexibility index (Phi) is 2.87. The molecule has 0 aromatic carbocycles. The summed E-state index contributed by atoms with van der Waals surface area (Å²) >= 11 is 5.34. The second kappa shape index (κ2) is 3.74. The van der Waals surface area contributed by atoms with Crippen LogP contribution in [0.3, 0.4) is 0 Å². The minimum absolute atomic E-state index is 0.111. The van der Waals surface area contributed by atoms with E-state index >= 15 is 0 Å². The molecular formula is C7H7ClF2N2O. The number of halogens is 3. The van der Waals surface area contributed by atoms with Gasteiger partial charge in [0.15, 0.2) is 0 Å². The number of hydrogen-bond donors (Lipinski definition) is 2. The number of pyridine rings is 1. The lowest BCUT2D eigenvalue weighted by molar-refractivity contribution is 0.145. The number of nitrogens with one attached hydrogen (secondary N) is 1. The number of H-pyrrole nitrogens is 1. The molecule has 0 saturated heterocycles. The Morgan fingerprint density at radius 3 is 2.69 bits per heavy atom. The Hall–Kier alpha value is -1.10. The molecule has 0 aliphatic heterocycles. The lowest BCUT2D eigenvalue weighted by Gasteiger charge is -2.05. The van der Waals surface area contributed by atoms with Crippen molar-refractivity contribution in [3.05, 3.63) is 27.7 Å². The van der Waals surface area contributed by atoms with Gasteiger partial charge in [-0.15, -0.1) is 11.6 Å². The van der Waals surface area contributed by atoms with Gasteiger partial charge in [-0.2, -0.15) is 0 Å². The summed E-state index contributed by atoms with van der Waals surface area (Å²) in [6.07, 6.45) is -1.71. The fraction of sp³-hybridized carbons (Fsp3) is 0.286. The molecule has 0 aliphatic rings. The van der Waals surface area contributed by atoms with E-state index < -0.39 is 17.5 Å². The average Bonchev–Trinajstić information content (AvgIpc) is 2.09. The van der Waals surface area contributed by atoms with Gasteiger partial charge in [-0.3, -0.25) is 4.79 Å². The van der Waals surface area contributed by atoms with Crippen molar-refractivity contribution in [1.29, 1.82) is 0 Å². The van der Waals surface area contributed by atoms with Crippen LogP contribution in [0.15, 0.2) is 11.0 Å². The van der Waals surface area contributed by atoms with Gasteiger partial charge in [0.25, 0.3) is 6.43 Å². The summed E-state index contributed by atoms with van der Waals surface area (Å²) in [6, 6.07) is 0. The molecule has 1 aromatic heterocycles. The summed E-state index contributed by atoms with van der Waals surface area (Å²) in [5, 5.41) is 0. The van der Waals surface area contributed by atoms with Crippen LogP contribution in [-0.4, -0.2) is 4.98 Å². The lowest BCUT2D eigenvalue weighted by Crippen LogP contribution is -2.16. The van der Waals surface area contributed by atoms with Crippen LogP contribution in [0.2, 0.25) is 0 Å². The van der Waals surface area contributed by atoms with Crippen molar-refractivity contribution in [1.82, 2.24) is 4.98 Å². The molecule has 1 heterocycles. The van der Waals surface area contributed by atoms with Gasteiger partial charge in [0.05, 0.1) is 17.3 Å². The van der Waals surface area contributed by atoms with Crippen molar-refractivity contribution >= 4 is 17.3 Å². The van der Waals surface area contributed by atoms with Crippen molar-refractivity contribution in [3.63, 3.8) is 0 Å². The van der Waals surface area contributed by atoms with Gasteiger partial charge >= 0.3 is 0 Å². The molecule has 0 aliphatic carbocycles. The van der Waals surface area contributed by atoms with Gasteiger partial charge in [0.2, 0.25) is 5.43 Å². The number of aromatic amines is 1. The third kappa shape index (κ3) is 1.80. The summed E-state index contributed by atoms with van der Waals surface area (Å²) in [4.78, 5) is 13.4. The lowest BCUT2D eigenvalue weighted by atomic mass is 10.2. The van der Waals surface area contributed by atoms with E-state index in [1.165, 1.54) is 0 Å². The highest BCUT2D eigenvalue weighted by molar-refractivity contribution is 6.17. The van der Waals surface area contributed by atoms with E-state index in [1.54, 1.807) is 0 Å². The van der Waals surface area contributed by atoms with E-state index in [2.05, 4.69) is 4.98 Å². The molecule has 0 spiro atoms. The van der Waals surface area contributed by atoms with Crippen LogP contribution >= 0.6 is 11.6 Å². The van der Waals surface area contributed by atoms with Gasteiger partial charge < -0.3 is 10.7 Å². The van der Waals surface area contributed by atoms with E-state index in [0.717, 1.165) is 6.20 Å². The number of rotatable bonds is 2. The fourth-order valence-electron chi connectivity index (χ4n) is 0.932. The summed E-state index contributed by atoms with van der Waals surface area (Å²) in [5.41, 5.74) is 3.84. The number of nitrogen functional groups attached to an aromatic ring is 1. The molecule has 0 unspecified atom stereocenters. The second-order valence-corrected chi connectivity index (χ2v) is 2.67. The third-order valence-electron chi connectivity index (χ3n) is 1.60. The van der Waals surface area contributed by atoms with E-state index in [0.29, 0.717) is 0 Å². The van der Waals surface area contributed by atoms with Crippen LogP contribution in [0.4, 0.5) is 14.5 Å². The van der Waals surface area contributed by atoms with Crippen LogP contribution in [0.5, 0.6) is 0 Å². The molecule has 1 aromatic rings. The topological polar surface area (TPSA) is 58.9 Å². The first-order valence-electron chi connectivity index (χ1n) is 3.42. The first kappa shape index (κ1) is 9.98. The summed E-state index contributed by atoms with van der Waals surface area (Å²) in [6.45, 7) is 0. The van der Waals surface area contributed by atoms with Gasteiger partial charge in [-0.1, -0.05) is 0 Å². The Bertz CT molecular complexity index is 364. The standard InChI is InChI=1S/C7H7ClF2N2O/c8-1-3-5(7(9)10)12-2-4(11)6(3)13/h2,7H,1,11H2,(H,12,13). The predicted molar refractivity (Wildman–Crippen MR) is 46.0 cm³/mol. The molecule has 0 saturated carbocycles. The Morgan fingerprint density at radius 2 is 2.23 bits per heavy atom. The minimum atomic E-state index is -2.75. The quantitative estimate of drug-likeness (QED) is 0.726. The zero-order valence-corrected chi connectivity index (χ0v) is 7.24. The molecular weight excluding hydrogens is 202 g/mol. The van der Waals surface area contributed by atoms with Gasteiger partial charge in [0.1, 0.15) is 0 Å². The number of aromatic nitrogens is 1. The van der Waals surface area contributed by atoms with Crippen LogP contribution in [0.1, 0.15) is 17.7 Å². The smallest absolute Gasteiger partial charge is 0.278 e. The maximum absolute atomic E-state index is 12.3. The van der Waals surface area contributed by atoms with Gasteiger partial charge in [-0.05, 0) is 0 Å². The molecule has 0 fully saturated rings. The molecule has 13 heavy (non-hydrogen) atoms. The van der Waals surface area contributed by atoms with E-state index in [-0.39, 0.29) is 17.1 Å².